The molecule has 0 aromatic rings. The number of nitrogens with one attached hydrogen (secondary N) is 1. The summed E-state index contributed by atoms with van der Waals surface area (Å²) in [6.45, 7) is 0. The Labute approximate surface area is 46.9 Å². The summed E-state index contributed by atoms with van der Waals surface area (Å²) < 4.78 is 3.93. The minimum atomic E-state index is 0.102. The monoisotopic (exact) mass is 198 g/mol. The average molecular weight is 198 g/mol. The Morgan fingerprint density at radius 3 is 2.83 bits per heavy atom. The number of hydrogen-bond acceptors (Lipinski definition) is 1. The van der Waals surface area contributed by atoms with Crippen LogP contribution in [0.5, 0.6) is 0 Å². The molecule has 0 aromatic heterocycles. The van der Waals surface area contributed by atoms with Crippen LogP contribution >= 0.6 is 0 Å². The first-order valence-corrected chi connectivity index (χ1v) is 4.37. The van der Waals surface area contributed by atoms with E-state index in [0.29, 0.717) is 0 Å². The third kappa shape index (κ3) is 0.830. The second-order valence-corrected chi connectivity index (χ2v) is 3.47. The first kappa shape index (κ1) is 4.36. The summed E-state index contributed by atoms with van der Waals surface area (Å²) in [4.78, 5) is 10.2. The summed E-state index contributed by atoms with van der Waals surface area (Å²) in [5, 5.41) is 0. The van der Waals surface area contributed by atoms with Gasteiger partial charge in [0.2, 0.25) is 0 Å². The van der Waals surface area contributed by atoms with Crippen molar-refractivity contribution in [3.05, 3.63) is 0 Å². The van der Waals surface area contributed by atoms with Crippen molar-refractivity contribution in [2.45, 2.75) is 6.42 Å². The van der Waals surface area contributed by atoms with Gasteiger partial charge in [-0.05, 0) is 0 Å². The van der Waals surface area contributed by atoms with Gasteiger partial charge in [0.15, 0.2) is 0 Å². The Bertz CT molecular complexity index is 65.2. The summed E-state index contributed by atoms with van der Waals surface area (Å²) in [6, 6.07) is 0. The molecule has 1 fully saturated rings. The van der Waals surface area contributed by atoms with E-state index in [1.54, 1.807) is 0 Å². The minimum absolute atomic E-state index is 0.102. The zero-order valence-corrected chi connectivity index (χ0v) is 5.36. The van der Waals surface area contributed by atoms with Gasteiger partial charge < -0.3 is 0 Å². The Balaban J connectivity index is 2.37. The number of hydrogen-bond donors (Lipinski definition) is 1. The van der Waals surface area contributed by atoms with Crippen molar-refractivity contribution in [2.75, 3.05) is 4.43 Å². The summed E-state index contributed by atoms with van der Waals surface area (Å²) in [5.74, 6) is 0.253. The van der Waals surface area contributed by atoms with Gasteiger partial charge in [-0.1, -0.05) is 0 Å². The quantitative estimate of drug-likeness (QED) is 0.244. The molecule has 2 nitrogen and oxygen atoms in total. The predicted octanol–water partition coefficient (Wildman–Crippen LogP) is -3.49. The molecule has 1 amide bonds. The number of amides is 1. The van der Waals surface area contributed by atoms with Crippen LogP contribution in [-0.2, 0) is 4.79 Å². The van der Waals surface area contributed by atoms with Crippen molar-refractivity contribution in [2.24, 2.45) is 0 Å². The van der Waals surface area contributed by atoms with Crippen molar-refractivity contribution in [3.8, 4) is 0 Å². The maximum atomic E-state index is 10.2. The predicted molar refractivity (Wildman–Crippen MR) is 17.6 cm³/mol. The van der Waals surface area contributed by atoms with Gasteiger partial charge in [-0.2, -0.15) is 0 Å². The molecular weight excluding hydrogens is 193 g/mol. The van der Waals surface area contributed by atoms with E-state index in [0.717, 1.165) is 10.8 Å². The molecule has 0 radical (unpaired) electrons. The fraction of sp³-hybridized carbons (Fsp3) is 0.667. The molecular formula is C3H5INO-. The number of halogens is 1. The molecule has 0 aliphatic carbocycles. The molecule has 1 aliphatic heterocycles. The van der Waals surface area contributed by atoms with E-state index in [2.05, 4.69) is 3.53 Å². The fourth-order valence-electron chi connectivity index (χ4n) is 0.302. The fourth-order valence-corrected chi connectivity index (χ4v) is 2.03. The molecule has 0 bridgehead atoms. The van der Waals surface area contributed by atoms with E-state index in [1.807, 2.05) is 0 Å². The molecule has 0 atom stereocenters. The van der Waals surface area contributed by atoms with Gasteiger partial charge in [-0.25, -0.2) is 0 Å². The molecule has 1 aliphatic rings. The SMILES string of the molecule is O=C1CC[I-]N1. The van der Waals surface area contributed by atoms with Crippen LogP contribution in [0.2, 0.25) is 0 Å². The standard InChI is InChI=1S/C3H5INO/c6-3-1-2-4-5-3/h1-2H2,(H,5,6)/q-1. The van der Waals surface area contributed by atoms with Gasteiger partial charge in [0.25, 0.3) is 0 Å². The Morgan fingerprint density at radius 2 is 2.67 bits per heavy atom. The van der Waals surface area contributed by atoms with Gasteiger partial charge in [0.1, 0.15) is 0 Å². The summed E-state index contributed by atoms with van der Waals surface area (Å²) >= 11 is 0.102. The number of carbonyl (C=O) groups excluding carboxylic acids is 1. The Hall–Kier alpha value is 0.200. The molecule has 0 spiro atoms. The van der Waals surface area contributed by atoms with Crippen LogP contribution in [0, 0.1) is 0 Å². The van der Waals surface area contributed by atoms with Crippen LogP contribution in [0.25, 0.3) is 0 Å². The van der Waals surface area contributed by atoms with Crippen molar-refractivity contribution >= 4 is 5.91 Å². The summed E-state index contributed by atoms with van der Waals surface area (Å²) in [6.07, 6.45) is 0.785. The van der Waals surface area contributed by atoms with E-state index in [4.69, 9.17) is 0 Å². The third-order valence-corrected chi connectivity index (χ3v) is 2.65. The molecule has 0 saturated carbocycles. The van der Waals surface area contributed by atoms with Crippen LogP contribution < -0.4 is 25.0 Å². The van der Waals surface area contributed by atoms with E-state index < -0.39 is 0 Å². The average Bonchev–Trinajstić information content (AvgIpc) is 1.86. The first-order valence-electron chi connectivity index (χ1n) is 1.76. The van der Waals surface area contributed by atoms with Crippen molar-refractivity contribution in [1.82, 2.24) is 3.53 Å². The number of alkyl halides is 1. The summed E-state index contributed by atoms with van der Waals surface area (Å²) in [7, 11) is 0. The number of rotatable bonds is 0. The molecule has 1 N–H and O–H groups in total. The van der Waals surface area contributed by atoms with Crippen molar-refractivity contribution in [3.63, 3.8) is 0 Å². The topological polar surface area (TPSA) is 29.1 Å². The normalized spacial score (nSPS) is 22.3. The van der Waals surface area contributed by atoms with E-state index in [-0.39, 0.29) is 27.4 Å². The molecule has 6 heavy (non-hydrogen) atoms. The van der Waals surface area contributed by atoms with Gasteiger partial charge >= 0.3 is 46.6 Å². The Morgan fingerprint density at radius 1 is 1.83 bits per heavy atom. The van der Waals surface area contributed by atoms with Crippen molar-refractivity contribution in [1.29, 1.82) is 0 Å². The second-order valence-electron chi connectivity index (χ2n) is 1.09. The molecule has 1 rings (SSSR count). The zero-order valence-electron chi connectivity index (χ0n) is 3.20. The van der Waals surface area contributed by atoms with Gasteiger partial charge in [0, 0.05) is 0 Å². The van der Waals surface area contributed by atoms with Crippen molar-refractivity contribution < 1.29 is 26.3 Å². The molecule has 0 aromatic carbocycles. The second kappa shape index (κ2) is 1.77. The molecule has 3 heteroatoms. The summed E-state index contributed by atoms with van der Waals surface area (Å²) in [5.41, 5.74) is 0. The van der Waals surface area contributed by atoms with Gasteiger partial charge in [0.05, 0.1) is 0 Å². The van der Waals surface area contributed by atoms with Crippen LogP contribution in [0.3, 0.4) is 0 Å². The number of carbonyl (C=O) groups is 1. The van der Waals surface area contributed by atoms with E-state index in [1.165, 1.54) is 0 Å². The van der Waals surface area contributed by atoms with Crippen LogP contribution in [-0.4, -0.2) is 10.3 Å². The van der Waals surface area contributed by atoms with Crippen LogP contribution in [0.4, 0.5) is 0 Å². The molecule has 1 heterocycles. The van der Waals surface area contributed by atoms with E-state index >= 15 is 0 Å². The Kier molecular flexibility index (Phi) is 1.29. The maximum absolute atomic E-state index is 10.2. The zero-order chi connectivity index (χ0) is 4.41. The van der Waals surface area contributed by atoms with Crippen LogP contribution in [0.15, 0.2) is 0 Å². The molecule has 0 unspecified atom stereocenters. The van der Waals surface area contributed by atoms with Gasteiger partial charge in [-0.3, -0.25) is 0 Å². The third-order valence-electron chi connectivity index (χ3n) is 0.588. The van der Waals surface area contributed by atoms with Gasteiger partial charge in [-0.15, -0.1) is 0 Å². The molecule has 36 valence electrons. The van der Waals surface area contributed by atoms with E-state index in [9.17, 15) is 4.79 Å². The molecule has 1 saturated heterocycles. The van der Waals surface area contributed by atoms with Crippen LogP contribution in [0.1, 0.15) is 6.42 Å². The first-order chi connectivity index (χ1) is 2.89.